The molecule has 0 spiro atoms. The van der Waals surface area contributed by atoms with Crippen LogP contribution in [0.5, 0.6) is 0 Å². The minimum absolute atomic E-state index is 0.0473. The SMILES string of the molecule is O=C1NC(N2CCN(Cc3ccc(Cl)cc3)CC2)=NC2NNCC12. The molecule has 1 aromatic carbocycles. The van der Waals surface area contributed by atoms with Gasteiger partial charge in [0.25, 0.3) is 0 Å². The van der Waals surface area contributed by atoms with Gasteiger partial charge in [0.05, 0.1) is 5.92 Å². The van der Waals surface area contributed by atoms with Gasteiger partial charge in [-0.25, -0.2) is 10.4 Å². The van der Waals surface area contributed by atoms with E-state index in [4.69, 9.17) is 11.6 Å². The Morgan fingerprint density at radius 2 is 1.92 bits per heavy atom. The topological polar surface area (TPSA) is 72.0 Å². The number of amides is 1. The first kappa shape index (κ1) is 15.8. The van der Waals surface area contributed by atoms with Crippen LogP contribution in [0.1, 0.15) is 5.56 Å². The molecule has 24 heavy (non-hydrogen) atoms. The van der Waals surface area contributed by atoms with E-state index in [0.29, 0.717) is 12.5 Å². The van der Waals surface area contributed by atoms with Crippen LogP contribution >= 0.6 is 11.6 Å². The third-order valence-corrected chi connectivity index (χ3v) is 5.03. The molecule has 3 N–H and O–H groups in total. The second-order valence-corrected chi connectivity index (χ2v) is 6.84. The second-order valence-electron chi connectivity index (χ2n) is 6.41. The summed E-state index contributed by atoms with van der Waals surface area (Å²) in [4.78, 5) is 21.3. The third-order valence-electron chi connectivity index (χ3n) is 4.78. The highest BCUT2D eigenvalue weighted by Gasteiger charge is 2.38. The van der Waals surface area contributed by atoms with Gasteiger partial charge in [0.2, 0.25) is 11.9 Å². The Balaban J connectivity index is 1.34. The fraction of sp³-hybridized carbons (Fsp3) is 0.500. The Morgan fingerprint density at radius 3 is 2.67 bits per heavy atom. The molecule has 2 unspecified atom stereocenters. The van der Waals surface area contributed by atoms with Crippen LogP contribution in [-0.4, -0.2) is 60.6 Å². The summed E-state index contributed by atoms with van der Waals surface area (Å²) in [5, 5.41) is 3.72. The summed E-state index contributed by atoms with van der Waals surface area (Å²) >= 11 is 5.93. The lowest BCUT2D eigenvalue weighted by Gasteiger charge is -2.38. The minimum atomic E-state index is -0.152. The maximum atomic E-state index is 12.1. The van der Waals surface area contributed by atoms with Crippen molar-refractivity contribution in [1.82, 2.24) is 26.0 Å². The van der Waals surface area contributed by atoms with Gasteiger partial charge in [0.1, 0.15) is 6.17 Å². The van der Waals surface area contributed by atoms with Crippen LogP contribution in [0.15, 0.2) is 29.3 Å². The van der Waals surface area contributed by atoms with Crippen LogP contribution in [0, 0.1) is 5.92 Å². The number of rotatable bonds is 2. The number of benzene rings is 1. The summed E-state index contributed by atoms with van der Waals surface area (Å²) in [5.74, 6) is 0.634. The zero-order valence-electron chi connectivity index (χ0n) is 13.3. The van der Waals surface area contributed by atoms with E-state index in [1.54, 1.807) is 0 Å². The molecule has 2 atom stereocenters. The van der Waals surface area contributed by atoms with Gasteiger partial charge in [-0.1, -0.05) is 23.7 Å². The van der Waals surface area contributed by atoms with Crippen molar-refractivity contribution < 1.29 is 4.79 Å². The summed E-state index contributed by atoms with van der Waals surface area (Å²) in [6, 6.07) is 8.00. The summed E-state index contributed by atoms with van der Waals surface area (Å²) in [7, 11) is 0. The monoisotopic (exact) mass is 348 g/mol. The van der Waals surface area contributed by atoms with Gasteiger partial charge in [-0.3, -0.25) is 20.4 Å². The van der Waals surface area contributed by atoms with Gasteiger partial charge in [0, 0.05) is 44.3 Å². The van der Waals surface area contributed by atoms with E-state index < -0.39 is 0 Å². The molecule has 0 saturated carbocycles. The van der Waals surface area contributed by atoms with Crippen LogP contribution in [0.4, 0.5) is 0 Å². The molecule has 2 fully saturated rings. The van der Waals surface area contributed by atoms with Crippen LogP contribution < -0.4 is 16.2 Å². The number of hydrogen-bond donors (Lipinski definition) is 3. The molecule has 0 aliphatic carbocycles. The summed E-state index contributed by atoms with van der Waals surface area (Å²) in [5.41, 5.74) is 7.32. The Hall–Kier alpha value is -1.67. The Kier molecular flexibility index (Phi) is 4.41. The average molecular weight is 349 g/mol. The fourth-order valence-corrected chi connectivity index (χ4v) is 3.46. The quantitative estimate of drug-likeness (QED) is 0.701. The third kappa shape index (κ3) is 3.25. The number of nitrogens with one attached hydrogen (secondary N) is 3. The molecule has 128 valence electrons. The number of carbonyl (C=O) groups excluding carboxylic acids is 1. The smallest absolute Gasteiger partial charge is 0.234 e. The number of hydrogen-bond acceptors (Lipinski definition) is 6. The van der Waals surface area contributed by atoms with E-state index in [2.05, 4.69) is 43.1 Å². The van der Waals surface area contributed by atoms with E-state index in [9.17, 15) is 4.79 Å². The summed E-state index contributed by atoms with van der Waals surface area (Å²) in [6.07, 6.45) is -0.152. The van der Waals surface area contributed by atoms with Gasteiger partial charge in [0.15, 0.2) is 0 Å². The molecule has 3 aliphatic rings. The van der Waals surface area contributed by atoms with E-state index in [-0.39, 0.29) is 18.0 Å². The molecule has 4 rings (SSSR count). The van der Waals surface area contributed by atoms with Crippen LogP contribution in [-0.2, 0) is 11.3 Å². The van der Waals surface area contributed by atoms with Crippen molar-refractivity contribution >= 4 is 23.5 Å². The fourth-order valence-electron chi connectivity index (χ4n) is 3.34. The predicted octanol–water partition coefficient (Wildman–Crippen LogP) is -0.00650. The van der Waals surface area contributed by atoms with E-state index in [1.807, 2.05) is 12.1 Å². The van der Waals surface area contributed by atoms with Crippen LogP contribution in [0.25, 0.3) is 0 Å². The number of piperazine rings is 1. The molecule has 3 aliphatic heterocycles. The zero-order chi connectivity index (χ0) is 16.5. The molecule has 2 saturated heterocycles. The number of aliphatic imine (C=N–C) groups is 1. The molecule has 0 aromatic heterocycles. The molecule has 3 heterocycles. The van der Waals surface area contributed by atoms with E-state index >= 15 is 0 Å². The first-order chi connectivity index (χ1) is 11.7. The first-order valence-corrected chi connectivity index (χ1v) is 8.66. The lowest BCUT2D eigenvalue weighted by Crippen LogP contribution is -2.57. The number of hydrazine groups is 1. The van der Waals surface area contributed by atoms with Crippen LogP contribution in [0.2, 0.25) is 5.02 Å². The lowest BCUT2D eigenvalue weighted by atomic mass is 10.1. The highest BCUT2D eigenvalue weighted by atomic mass is 35.5. The molecule has 0 radical (unpaired) electrons. The average Bonchev–Trinajstić information content (AvgIpc) is 3.07. The van der Waals surface area contributed by atoms with E-state index in [0.717, 1.165) is 37.7 Å². The van der Waals surface area contributed by atoms with Gasteiger partial charge >= 0.3 is 0 Å². The van der Waals surface area contributed by atoms with Crippen LogP contribution in [0.3, 0.4) is 0 Å². The number of nitrogens with zero attached hydrogens (tertiary/aromatic N) is 3. The normalized spacial score (nSPS) is 27.6. The van der Waals surface area contributed by atoms with Crippen molar-refractivity contribution in [2.75, 3.05) is 32.7 Å². The molecule has 1 aromatic rings. The van der Waals surface area contributed by atoms with Gasteiger partial charge in [-0.15, -0.1) is 0 Å². The second kappa shape index (κ2) is 6.68. The maximum absolute atomic E-state index is 12.1. The van der Waals surface area contributed by atoms with Crippen molar-refractivity contribution in [3.05, 3.63) is 34.9 Å². The zero-order valence-corrected chi connectivity index (χ0v) is 14.1. The molecule has 7 nitrogen and oxygen atoms in total. The highest BCUT2D eigenvalue weighted by Crippen LogP contribution is 2.16. The Labute approximate surface area is 146 Å². The van der Waals surface area contributed by atoms with Gasteiger partial charge < -0.3 is 4.90 Å². The van der Waals surface area contributed by atoms with Crippen molar-refractivity contribution in [3.8, 4) is 0 Å². The largest absolute Gasteiger partial charge is 0.340 e. The van der Waals surface area contributed by atoms with Gasteiger partial charge in [-0.2, -0.15) is 0 Å². The van der Waals surface area contributed by atoms with E-state index in [1.165, 1.54) is 5.56 Å². The standard InChI is InChI=1S/C16H21ClN6O/c17-12-3-1-11(2-4-12)10-22-5-7-23(8-6-22)16-19-14-13(9-18-21-14)15(24)20-16/h1-4,13-14,18,21H,5-10H2,(H,19,20,24). The number of fused-ring (bicyclic) bond motifs is 1. The van der Waals surface area contributed by atoms with Gasteiger partial charge in [-0.05, 0) is 17.7 Å². The van der Waals surface area contributed by atoms with Crippen molar-refractivity contribution in [1.29, 1.82) is 0 Å². The Bertz CT molecular complexity index is 640. The van der Waals surface area contributed by atoms with Crippen molar-refractivity contribution in [3.63, 3.8) is 0 Å². The molecule has 8 heteroatoms. The molecular weight excluding hydrogens is 328 g/mol. The number of carbonyl (C=O) groups is 1. The maximum Gasteiger partial charge on any atom is 0.234 e. The summed E-state index contributed by atoms with van der Waals surface area (Å²) < 4.78 is 0. The lowest BCUT2D eigenvalue weighted by molar-refractivity contribution is -0.124. The minimum Gasteiger partial charge on any atom is -0.340 e. The number of halogens is 1. The highest BCUT2D eigenvalue weighted by molar-refractivity contribution is 6.30. The summed E-state index contributed by atoms with van der Waals surface area (Å²) in [6.45, 7) is 5.14. The van der Waals surface area contributed by atoms with Crippen molar-refractivity contribution in [2.45, 2.75) is 12.7 Å². The Morgan fingerprint density at radius 1 is 1.17 bits per heavy atom. The molecule has 0 bridgehead atoms. The first-order valence-electron chi connectivity index (χ1n) is 8.28. The number of guanidine groups is 1. The predicted molar refractivity (Wildman–Crippen MR) is 92.3 cm³/mol. The van der Waals surface area contributed by atoms with Crippen molar-refractivity contribution in [2.24, 2.45) is 10.9 Å². The molecular formula is C16H21ClN6O. The molecule has 1 amide bonds.